The van der Waals surface area contributed by atoms with Gasteiger partial charge in [0, 0.05) is 19.3 Å². The Kier molecular flexibility index (Phi) is 24.3. The molecule has 0 aliphatic heterocycles. The molecule has 0 spiro atoms. The van der Waals surface area contributed by atoms with Crippen LogP contribution in [-0.2, 0) is 28.6 Å². The highest BCUT2D eigenvalue weighted by atomic mass is 16.6. The minimum Gasteiger partial charge on any atom is -0.477 e. The zero-order chi connectivity index (χ0) is 31.5. The SMILES string of the molecule is CC/C=C/C/C=C/CCC(=O)OCC(COCCC(C(=O)O)[N+](C)(C)C)OC(=O)CCCCC/C=C/C=C/CCCC. The Morgan fingerprint density at radius 1 is 0.762 bits per heavy atom. The van der Waals surface area contributed by atoms with E-state index >= 15 is 0 Å². The van der Waals surface area contributed by atoms with Crippen molar-refractivity contribution in [3.8, 4) is 0 Å². The summed E-state index contributed by atoms with van der Waals surface area (Å²) in [5.74, 6) is -1.61. The highest BCUT2D eigenvalue weighted by Crippen LogP contribution is 2.10. The van der Waals surface area contributed by atoms with E-state index in [9.17, 15) is 19.5 Å². The van der Waals surface area contributed by atoms with E-state index < -0.39 is 18.1 Å². The second kappa shape index (κ2) is 26.0. The minimum atomic E-state index is -0.891. The average Bonchev–Trinajstić information content (AvgIpc) is 2.92. The van der Waals surface area contributed by atoms with Crippen molar-refractivity contribution in [1.82, 2.24) is 0 Å². The van der Waals surface area contributed by atoms with Crippen LogP contribution in [0.2, 0.25) is 0 Å². The molecule has 0 rings (SSSR count). The first kappa shape index (κ1) is 39.3. The summed E-state index contributed by atoms with van der Waals surface area (Å²) in [4.78, 5) is 36.3. The van der Waals surface area contributed by atoms with Crippen molar-refractivity contribution in [2.75, 3.05) is 41.0 Å². The molecule has 1 N–H and O–H groups in total. The number of carboxylic acids is 1. The lowest BCUT2D eigenvalue weighted by Crippen LogP contribution is -2.50. The van der Waals surface area contributed by atoms with Gasteiger partial charge in [0.2, 0.25) is 0 Å². The number of likely N-dealkylation sites (N-methyl/N-ethyl adjacent to an activating group) is 1. The van der Waals surface area contributed by atoms with Gasteiger partial charge < -0.3 is 23.8 Å². The molecule has 8 nitrogen and oxygen atoms in total. The van der Waals surface area contributed by atoms with E-state index in [2.05, 4.69) is 50.3 Å². The van der Waals surface area contributed by atoms with Gasteiger partial charge >= 0.3 is 17.9 Å². The number of carboxylic acid groups (broad SMARTS) is 1. The Hall–Kier alpha value is -2.71. The third-order valence-corrected chi connectivity index (χ3v) is 6.50. The minimum absolute atomic E-state index is 0.0305. The zero-order valence-corrected chi connectivity index (χ0v) is 26.9. The summed E-state index contributed by atoms with van der Waals surface area (Å²) in [7, 11) is 5.46. The van der Waals surface area contributed by atoms with Crippen molar-refractivity contribution in [3.05, 3.63) is 48.6 Å². The molecule has 0 bridgehead atoms. The molecule has 42 heavy (non-hydrogen) atoms. The first-order valence-electron chi connectivity index (χ1n) is 15.7. The van der Waals surface area contributed by atoms with Crippen LogP contribution < -0.4 is 0 Å². The number of aliphatic carboxylic acids is 1. The number of allylic oxidation sites excluding steroid dienone is 8. The largest absolute Gasteiger partial charge is 0.477 e. The number of rotatable bonds is 26. The van der Waals surface area contributed by atoms with Gasteiger partial charge in [0.1, 0.15) is 6.61 Å². The number of unbranched alkanes of at least 4 members (excludes halogenated alkanes) is 5. The van der Waals surface area contributed by atoms with Crippen LogP contribution in [0.3, 0.4) is 0 Å². The highest BCUT2D eigenvalue weighted by Gasteiger charge is 2.31. The van der Waals surface area contributed by atoms with Gasteiger partial charge in [-0.05, 0) is 44.9 Å². The smallest absolute Gasteiger partial charge is 0.362 e. The number of esters is 2. The molecule has 0 heterocycles. The van der Waals surface area contributed by atoms with Gasteiger partial charge in [0.15, 0.2) is 12.1 Å². The summed E-state index contributed by atoms with van der Waals surface area (Å²) in [6.45, 7) is 4.39. The van der Waals surface area contributed by atoms with Gasteiger partial charge in [-0.25, -0.2) is 4.79 Å². The maximum absolute atomic E-state index is 12.5. The van der Waals surface area contributed by atoms with Crippen LogP contribution in [0.15, 0.2) is 48.6 Å². The van der Waals surface area contributed by atoms with Crippen molar-refractivity contribution < 1.29 is 38.2 Å². The predicted molar refractivity (Wildman–Crippen MR) is 169 cm³/mol. The predicted octanol–water partition coefficient (Wildman–Crippen LogP) is 6.95. The number of ether oxygens (including phenoxy) is 3. The van der Waals surface area contributed by atoms with Gasteiger partial charge in [0.25, 0.3) is 0 Å². The van der Waals surface area contributed by atoms with E-state index in [1.165, 1.54) is 12.8 Å². The molecule has 0 saturated carbocycles. The number of hydrogen-bond acceptors (Lipinski definition) is 6. The molecule has 0 fully saturated rings. The Morgan fingerprint density at radius 2 is 1.45 bits per heavy atom. The first-order chi connectivity index (χ1) is 20.1. The quantitative estimate of drug-likeness (QED) is 0.0381. The summed E-state index contributed by atoms with van der Waals surface area (Å²) < 4.78 is 16.9. The van der Waals surface area contributed by atoms with Gasteiger partial charge in [-0.3, -0.25) is 9.59 Å². The van der Waals surface area contributed by atoms with Crippen molar-refractivity contribution >= 4 is 17.9 Å². The van der Waals surface area contributed by atoms with E-state index in [1.54, 1.807) is 0 Å². The number of carbonyl (C=O) groups is 3. The van der Waals surface area contributed by atoms with Crippen LogP contribution in [0, 0.1) is 0 Å². The van der Waals surface area contributed by atoms with Crippen molar-refractivity contribution in [1.29, 1.82) is 0 Å². The summed E-state index contributed by atoms with van der Waals surface area (Å²) >= 11 is 0. The van der Waals surface area contributed by atoms with Crippen LogP contribution in [0.5, 0.6) is 0 Å². The van der Waals surface area contributed by atoms with Crippen LogP contribution in [0.4, 0.5) is 0 Å². The lowest BCUT2D eigenvalue weighted by Gasteiger charge is -2.31. The molecular weight excluding hydrogens is 534 g/mol. The summed E-state index contributed by atoms with van der Waals surface area (Å²) in [6, 6.07) is -0.624. The maximum atomic E-state index is 12.5. The number of carbonyl (C=O) groups excluding carboxylic acids is 2. The molecule has 8 heteroatoms. The lowest BCUT2D eigenvalue weighted by atomic mass is 10.1. The Morgan fingerprint density at radius 3 is 2.10 bits per heavy atom. The average molecular weight is 593 g/mol. The molecule has 0 aliphatic carbocycles. The van der Waals surface area contributed by atoms with Gasteiger partial charge in [-0.15, -0.1) is 0 Å². The van der Waals surface area contributed by atoms with Crippen LogP contribution in [0.25, 0.3) is 0 Å². The fraction of sp³-hybridized carbons (Fsp3) is 0.676. The zero-order valence-electron chi connectivity index (χ0n) is 26.9. The van der Waals surface area contributed by atoms with Crippen molar-refractivity contribution in [2.45, 2.75) is 109 Å². The summed E-state index contributed by atoms with van der Waals surface area (Å²) in [5.41, 5.74) is 0. The van der Waals surface area contributed by atoms with Crippen molar-refractivity contribution in [3.63, 3.8) is 0 Å². The topological polar surface area (TPSA) is 99.1 Å². The van der Waals surface area contributed by atoms with Gasteiger partial charge in [0.05, 0.1) is 34.4 Å². The van der Waals surface area contributed by atoms with Crippen molar-refractivity contribution in [2.24, 2.45) is 0 Å². The summed E-state index contributed by atoms with van der Waals surface area (Å²) in [6.07, 6.45) is 26.3. The molecule has 240 valence electrons. The first-order valence-corrected chi connectivity index (χ1v) is 15.7. The van der Waals surface area contributed by atoms with E-state index in [4.69, 9.17) is 14.2 Å². The molecule has 0 aromatic rings. The molecule has 0 aromatic carbocycles. The fourth-order valence-corrected chi connectivity index (χ4v) is 4.01. The second-order valence-corrected chi connectivity index (χ2v) is 11.4. The molecule has 0 amide bonds. The normalized spacial score (nSPS) is 13.8. The van der Waals surface area contributed by atoms with E-state index in [1.807, 2.05) is 33.3 Å². The molecular formula is C34H58NO7+. The third kappa shape index (κ3) is 23.9. The van der Waals surface area contributed by atoms with Crippen LogP contribution in [-0.4, -0.2) is 80.6 Å². The molecule has 0 aliphatic rings. The number of quaternary nitrogens is 1. The van der Waals surface area contributed by atoms with Gasteiger partial charge in [-0.1, -0.05) is 81.7 Å². The fourth-order valence-electron chi connectivity index (χ4n) is 4.01. The molecule has 0 aromatic heterocycles. The highest BCUT2D eigenvalue weighted by molar-refractivity contribution is 5.72. The van der Waals surface area contributed by atoms with Gasteiger partial charge in [-0.2, -0.15) is 0 Å². The second-order valence-electron chi connectivity index (χ2n) is 11.4. The van der Waals surface area contributed by atoms with Crippen LogP contribution in [0.1, 0.15) is 97.3 Å². The van der Waals surface area contributed by atoms with E-state index in [0.717, 1.165) is 44.9 Å². The standard InChI is InChI=1S/C34H57NO7/c1-6-8-10-12-14-15-16-17-19-21-23-25-33(37)42-30(28-40-27-26-31(34(38)39)35(3,4)5)29-41-32(36)24-22-20-18-13-11-9-7-2/h9,11-12,14-16,18,20,30-31H,6-8,10,13,17,19,21-29H2,1-5H3/p+1/b11-9+,14-12+,16-15+,20-18+. The lowest BCUT2D eigenvalue weighted by molar-refractivity contribution is -0.887. The molecule has 0 radical (unpaired) electrons. The molecule has 2 unspecified atom stereocenters. The number of hydrogen-bond donors (Lipinski definition) is 1. The maximum Gasteiger partial charge on any atom is 0.362 e. The third-order valence-electron chi connectivity index (χ3n) is 6.50. The Labute approximate surface area is 255 Å². The number of nitrogens with zero attached hydrogens (tertiary/aromatic N) is 1. The summed E-state index contributed by atoms with van der Waals surface area (Å²) in [5, 5.41) is 9.51. The van der Waals surface area contributed by atoms with Crippen LogP contribution >= 0.6 is 0 Å². The monoisotopic (exact) mass is 592 g/mol. The van der Waals surface area contributed by atoms with E-state index in [-0.39, 0.29) is 49.1 Å². The van der Waals surface area contributed by atoms with E-state index in [0.29, 0.717) is 12.8 Å². The molecule has 0 saturated heterocycles. The Bertz CT molecular complexity index is 839. The Balaban J connectivity index is 4.63. The molecule has 2 atom stereocenters.